The van der Waals surface area contributed by atoms with Gasteiger partial charge in [0.1, 0.15) is 5.69 Å². The Hall–Kier alpha value is -1.88. The molecule has 0 saturated carbocycles. The maximum absolute atomic E-state index is 9.69. The van der Waals surface area contributed by atoms with Gasteiger partial charge in [-0.1, -0.05) is 6.07 Å². The molecule has 2 heterocycles. The molecular weight excluding hydrogens is 194 g/mol. The lowest BCUT2D eigenvalue weighted by Gasteiger charge is -1.99. The average Bonchev–Trinajstić information content (AvgIpc) is 2.47. The molecule has 0 aliphatic heterocycles. The highest BCUT2D eigenvalue weighted by Crippen LogP contribution is 2.17. The predicted molar refractivity (Wildman–Crippen MR) is 55.7 cm³/mol. The van der Waals surface area contributed by atoms with Gasteiger partial charge in [-0.05, 0) is 26.0 Å². The second-order valence-corrected chi connectivity index (χ2v) is 3.13. The van der Waals surface area contributed by atoms with Crippen molar-refractivity contribution < 1.29 is 10.7 Å². The number of pyridine rings is 1. The molecule has 0 fully saturated rings. The van der Waals surface area contributed by atoms with Gasteiger partial charge in [-0.15, -0.1) is 0 Å². The first-order valence-electron chi connectivity index (χ1n) is 4.36. The van der Waals surface area contributed by atoms with Crippen LogP contribution in [0.25, 0.3) is 11.5 Å². The Morgan fingerprint density at radius 1 is 1.27 bits per heavy atom. The van der Waals surface area contributed by atoms with Gasteiger partial charge in [0, 0.05) is 6.20 Å². The zero-order chi connectivity index (χ0) is 10.1. The fourth-order valence-corrected chi connectivity index (χ4v) is 1.26. The van der Waals surface area contributed by atoms with E-state index in [0.717, 1.165) is 16.1 Å². The SMILES string of the molecule is Cc1nc(-c2ccccn2)n(O)c1C.O. The number of aromatic nitrogens is 3. The van der Waals surface area contributed by atoms with Crippen LogP contribution in [0.4, 0.5) is 0 Å². The molecule has 0 bridgehead atoms. The lowest BCUT2D eigenvalue weighted by Crippen LogP contribution is -1.97. The van der Waals surface area contributed by atoms with Gasteiger partial charge in [-0.2, -0.15) is 4.73 Å². The lowest BCUT2D eigenvalue weighted by molar-refractivity contribution is 0.184. The van der Waals surface area contributed by atoms with Gasteiger partial charge in [0.25, 0.3) is 0 Å². The highest BCUT2D eigenvalue weighted by molar-refractivity contribution is 5.50. The normalized spacial score (nSPS) is 9.73. The van der Waals surface area contributed by atoms with Crippen molar-refractivity contribution in [1.29, 1.82) is 0 Å². The van der Waals surface area contributed by atoms with Gasteiger partial charge < -0.3 is 10.7 Å². The van der Waals surface area contributed by atoms with E-state index in [9.17, 15) is 5.21 Å². The number of hydrogen-bond donors (Lipinski definition) is 1. The van der Waals surface area contributed by atoms with Crippen molar-refractivity contribution in [3.05, 3.63) is 35.8 Å². The third-order valence-corrected chi connectivity index (χ3v) is 2.21. The first-order valence-corrected chi connectivity index (χ1v) is 4.36. The van der Waals surface area contributed by atoms with Crippen LogP contribution in [0, 0.1) is 13.8 Å². The van der Waals surface area contributed by atoms with Crippen molar-refractivity contribution in [2.45, 2.75) is 13.8 Å². The molecule has 5 nitrogen and oxygen atoms in total. The van der Waals surface area contributed by atoms with Gasteiger partial charge in [-0.25, -0.2) is 4.98 Å². The van der Waals surface area contributed by atoms with Gasteiger partial charge >= 0.3 is 0 Å². The van der Waals surface area contributed by atoms with Gasteiger partial charge in [0.2, 0.25) is 0 Å². The molecule has 5 heteroatoms. The molecule has 2 aromatic heterocycles. The Labute approximate surface area is 87.3 Å². The van der Waals surface area contributed by atoms with E-state index in [-0.39, 0.29) is 5.48 Å². The van der Waals surface area contributed by atoms with Crippen molar-refractivity contribution in [3.63, 3.8) is 0 Å². The van der Waals surface area contributed by atoms with Crippen molar-refractivity contribution in [2.75, 3.05) is 0 Å². The van der Waals surface area contributed by atoms with E-state index in [1.165, 1.54) is 0 Å². The standard InChI is InChI=1S/C10H11N3O.H2O/c1-7-8(2)13(14)10(12-7)9-5-3-4-6-11-9;/h3-6,14H,1-2H3;1H2. The smallest absolute Gasteiger partial charge is 0.194 e. The molecule has 0 aliphatic rings. The summed E-state index contributed by atoms with van der Waals surface area (Å²) >= 11 is 0. The molecule has 0 amide bonds. The molecule has 80 valence electrons. The van der Waals surface area contributed by atoms with Crippen LogP contribution in [-0.4, -0.2) is 25.4 Å². The number of nitrogens with zero attached hydrogens (tertiary/aromatic N) is 3. The van der Waals surface area contributed by atoms with E-state index in [2.05, 4.69) is 9.97 Å². The van der Waals surface area contributed by atoms with E-state index < -0.39 is 0 Å². The summed E-state index contributed by atoms with van der Waals surface area (Å²) in [5.41, 5.74) is 2.23. The van der Waals surface area contributed by atoms with E-state index in [4.69, 9.17) is 0 Å². The molecule has 0 spiro atoms. The Morgan fingerprint density at radius 3 is 2.47 bits per heavy atom. The van der Waals surface area contributed by atoms with Gasteiger partial charge in [0.05, 0.1) is 11.4 Å². The first kappa shape index (κ1) is 11.2. The monoisotopic (exact) mass is 207 g/mol. The number of hydrogen-bond acceptors (Lipinski definition) is 3. The Bertz CT molecular complexity index is 451. The molecule has 2 rings (SSSR count). The minimum Gasteiger partial charge on any atom is -0.427 e. The van der Waals surface area contributed by atoms with E-state index in [0.29, 0.717) is 11.5 Å². The van der Waals surface area contributed by atoms with Crippen LogP contribution < -0.4 is 0 Å². The summed E-state index contributed by atoms with van der Waals surface area (Å²) < 4.78 is 1.07. The quantitative estimate of drug-likeness (QED) is 0.707. The van der Waals surface area contributed by atoms with Crippen molar-refractivity contribution in [3.8, 4) is 11.5 Å². The number of imidazole rings is 1. The minimum atomic E-state index is 0. The topological polar surface area (TPSA) is 82.4 Å². The van der Waals surface area contributed by atoms with E-state index in [1.54, 1.807) is 6.20 Å². The van der Waals surface area contributed by atoms with E-state index >= 15 is 0 Å². The molecule has 0 aromatic carbocycles. The molecular formula is C10H13N3O2. The molecule has 3 N–H and O–H groups in total. The number of aryl methyl sites for hydroxylation is 1. The largest absolute Gasteiger partial charge is 0.427 e. The van der Waals surface area contributed by atoms with Crippen molar-refractivity contribution in [2.24, 2.45) is 0 Å². The van der Waals surface area contributed by atoms with Gasteiger partial charge in [-0.3, -0.25) is 4.98 Å². The van der Waals surface area contributed by atoms with Crippen LogP contribution in [0.2, 0.25) is 0 Å². The summed E-state index contributed by atoms with van der Waals surface area (Å²) in [6.45, 7) is 3.67. The maximum Gasteiger partial charge on any atom is 0.194 e. The van der Waals surface area contributed by atoms with Crippen LogP contribution in [0.1, 0.15) is 11.4 Å². The summed E-state index contributed by atoms with van der Waals surface area (Å²) in [5.74, 6) is 0.487. The third-order valence-electron chi connectivity index (χ3n) is 2.21. The van der Waals surface area contributed by atoms with Crippen LogP contribution in [-0.2, 0) is 0 Å². The Kier molecular flexibility index (Phi) is 3.06. The molecule has 15 heavy (non-hydrogen) atoms. The Balaban J connectivity index is 0.00000112. The molecule has 2 aromatic rings. The maximum atomic E-state index is 9.69. The lowest BCUT2D eigenvalue weighted by atomic mass is 10.3. The molecule has 0 aliphatic carbocycles. The Morgan fingerprint density at radius 2 is 2.00 bits per heavy atom. The van der Waals surface area contributed by atoms with Crippen molar-refractivity contribution >= 4 is 0 Å². The van der Waals surface area contributed by atoms with Crippen LogP contribution in [0.3, 0.4) is 0 Å². The summed E-state index contributed by atoms with van der Waals surface area (Å²) in [7, 11) is 0. The fourth-order valence-electron chi connectivity index (χ4n) is 1.26. The second-order valence-electron chi connectivity index (χ2n) is 3.13. The van der Waals surface area contributed by atoms with Crippen LogP contribution in [0.5, 0.6) is 0 Å². The van der Waals surface area contributed by atoms with Gasteiger partial charge in [0.15, 0.2) is 5.82 Å². The zero-order valence-electron chi connectivity index (χ0n) is 8.60. The highest BCUT2D eigenvalue weighted by atomic mass is 16.5. The minimum absolute atomic E-state index is 0. The molecule has 0 saturated heterocycles. The second kappa shape index (κ2) is 4.10. The first-order chi connectivity index (χ1) is 6.70. The highest BCUT2D eigenvalue weighted by Gasteiger charge is 2.11. The predicted octanol–water partition coefficient (Wildman–Crippen LogP) is 0.975. The zero-order valence-corrected chi connectivity index (χ0v) is 8.60. The van der Waals surface area contributed by atoms with Crippen LogP contribution in [0.15, 0.2) is 24.4 Å². The van der Waals surface area contributed by atoms with E-state index in [1.807, 2.05) is 32.0 Å². The molecule has 0 unspecified atom stereocenters. The summed E-state index contributed by atoms with van der Waals surface area (Å²) in [4.78, 5) is 8.35. The average molecular weight is 207 g/mol. The summed E-state index contributed by atoms with van der Waals surface area (Å²) in [5, 5.41) is 9.69. The van der Waals surface area contributed by atoms with Crippen LogP contribution >= 0.6 is 0 Å². The van der Waals surface area contributed by atoms with Crippen molar-refractivity contribution in [1.82, 2.24) is 14.7 Å². The summed E-state index contributed by atoms with van der Waals surface area (Å²) in [6.07, 6.45) is 1.68. The summed E-state index contributed by atoms with van der Waals surface area (Å²) in [6, 6.07) is 5.50. The fraction of sp³-hybridized carbons (Fsp3) is 0.200. The number of rotatable bonds is 1. The third kappa shape index (κ3) is 1.82. The molecule has 0 atom stereocenters. The molecule has 0 radical (unpaired) electrons.